The second kappa shape index (κ2) is 7.87. The molecule has 0 spiro atoms. The lowest BCUT2D eigenvalue weighted by Crippen LogP contribution is -1.78. The molecule has 0 saturated carbocycles. The molecular formula is C10H17Cl. The van der Waals surface area contributed by atoms with Crippen LogP contribution in [0.3, 0.4) is 0 Å². The molecule has 0 aromatic rings. The maximum Gasteiger partial charge on any atom is 0.00744 e. The van der Waals surface area contributed by atoms with Crippen LogP contribution in [0.4, 0.5) is 0 Å². The molecule has 0 radical (unpaired) electrons. The highest BCUT2D eigenvalue weighted by atomic mass is 35.5. The average molecular weight is 173 g/mol. The fraction of sp³-hybridized carbons (Fsp3) is 0.600. The highest BCUT2D eigenvalue weighted by Crippen LogP contribution is 2.11. The van der Waals surface area contributed by atoms with Gasteiger partial charge < -0.3 is 0 Å². The summed E-state index contributed by atoms with van der Waals surface area (Å²) in [6.07, 6.45) is 9.03. The molecule has 0 saturated heterocycles. The monoisotopic (exact) mass is 172 g/mol. The molecule has 0 fully saturated rings. The van der Waals surface area contributed by atoms with Gasteiger partial charge in [-0.25, -0.2) is 0 Å². The first-order chi connectivity index (χ1) is 5.35. The van der Waals surface area contributed by atoms with Crippen molar-refractivity contribution in [3.8, 4) is 0 Å². The number of halogens is 1. The summed E-state index contributed by atoms with van der Waals surface area (Å²) in [5.74, 6) is 0. The summed E-state index contributed by atoms with van der Waals surface area (Å²) in [6, 6.07) is 0. The van der Waals surface area contributed by atoms with Gasteiger partial charge in [0.1, 0.15) is 0 Å². The van der Waals surface area contributed by atoms with Crippen molar-refractivity contribution >= 4 is 11.6 Å². The summed E-state index contributed by atoms with van der Waals surface area (Å²) >= 11 is 5.61. The van der Waals surface area contributed by atoms with Gasteiger partial charge in [0.25, 0.3) is 0 Å². The normalized spacial score (nSPS) is 12.8. The summed E-state index contributed by atoms with van der Waals surface area (Å²) in [6.45, 7) is 4.22. The molecular weight excluding hydrogens is 156 g/mol. The summed E-state index contributed by atoms with van der Waals surface area (Å²) in [7, 11) is 0. The van der Waals surface area contributed by atoms with Crippen LogP contribution in [0.2, 0.25) is 0 Å². The number of hydrogen-bond donors (Lipinski definition) is 0. The second-order valence-electron chi connectivity index (χ2n) is 2.64. The second-order valence-corrected chi connectivity index (χ2v) is 2.86. The summed E-state index contributed by atoms with van der Waals surface area (Å²) in [5.41, 5.74) is 2.91. The van der Waals surface area contributed by atoms with Gasteiger partial charge >= 0.3 is 0 Å². The van der Waals surface area contributed by atoms with Gasteiger partial charge in [-0.05, 0) is 25.3 Å². The Kier molecular flexibility index (Phi) is 7.71. The zero-order valence-electron chi connectivity index (χ0n) is 7.44. The molecule has 0 atom stereocenters. The largest absolute Gasteiger partial charge is 0.0927 e. The first-order valence-electron chi connectivity index (χ1n) is 4.27. The number of rotatable bonds is 5. The highest BCUT2D eigenvalue weighted by Gasteiger charge is 1.90. The minimum Gasteiger partial charge on any atom is -0.0927 e. The van der Waals surface area contributed by atoms with Gasteiger partial charge in [0.15, 0.2) is 0 Å². The molecule has 0 aliphatic carbocycles. The smallest absolute Gasteiger partial charge is 0.00744 e. The van der Waals surface area contributed by atoms with Crippen molar-refractivity contribution in [2.24, 2.45) is 0 Å². The van der Waals surface area contributed by atoms with Crippen LogP contribution in [0.15, 0.2) is 23.3 Å². The van der Waals surface area contributed by atoms with E-state index in [9.17, 15) is 0 Å². The van der Waals surface area contributed by atoms with E-state index in [1.807, 2.05) is 13.0 Å². The van der Waals surface area contributed by atoms with Gasteiger partial charge in [0.05, 0.1) is 0 Å². The van der Waals surface area contributed by atoms with Gasteiger partial charge in [0.2, 0.25) is 0 Å². The Labute approximate surface area is 74.9 Å². The van der Waals surface area contributed by atoms with Gasteiger partial charge in [-0.3, -0.25) is 0 Å². The highest BCUT2D eigenvalue weighted by molar-refractivity contribution is 6.25. The Bertz CT molecular complexity index is 134. The maximum atomic E-state index is 5.61. The fourth-order valence-corrected chi connectivity index (χ4v) is 1.15. The molecule has 0 N–H and O–H groups in total. The summed E-state index contributed by atoms with van der Waals surface area (Å²) in [5, 5.41) is 0. The van der Waals surface area contributed by atoms with Crippen molar-refractivity contribution in [1.82, 2.24) is 0 Å². The number of hydrogen-bond acceptors (Lipinski definition) is 0. The topological polar surface area (TPSA) is 0 Å². The van der Waals surface area contributed by atoms with Crippen LogP contribution in [0, 0.1) is 0 Å². The minimum atomic E-state index is 1.11. The lowest BCUT2D eigenvalue weighted by molar-refractivity contribution is 0.720. The molecule has 0 aliphatic heterocycles. The molecule has 11 heavy (non-hydrogen) atoms. The Hall–Kier alpha value is -0.230. The molecule has 64 valence electrons. The van der Waals surface area contributed by atoms with Crippen LogP contribution in [-0.2, 0) is 0 Å². The minimum absolute atomic E-state index is 1.11. The molecule has 1 heteroatoms. The van der Waals surface area contributed by atoms with E-state index in [0.717, 1.165) is 6.42 Å². The van der Waals surface area contributed by atoms with Crippen molar-refractivity contribution in [2.75, 3.05) is 0 Å². The lowest BCUT2D eigenvalue weighted by atomic mass is 10.1. The third-order valence-corrected chi connectivity index (χ3v) is 1.87. The lowest BCUT2D eigenvalue weighted by Gasteiger charge is -1.98. The van der Waals surface area contributed by atoms with Crippen LogP contribution in [0.1, 0.15) is 39.5 Å². The Morgan fingerprint density at radius 3 is 2.55 bits per heavy atom. The fourth-order valence-electron chi connectivity index (χ4n) is 0.967. The Morgan fingerprint density at radius 2 is 2.09 bits per heavy atom. The average Bonchev–Trinajstić information content (AvgIpc) is 2.03. The molecule has 0 heterocycles. The van der Waals surface area contributed by atoms with Crippen molar-refractivity contribution < 1.29 is 0 Å². The van der Waals surface area contributed by atoms with E-state index in [1.165, 1.54) is 24.8 Å². The first kappa shape index (κ1) is 10.8. The van der Waals surface area contributed by atoms with Gasteiger partial charge in [0, 0.05) is 5.54 Å². The third-order valence-electron chi connectivity index (χ3n) is 1.59. The molecule has 0 aromatic carbocycles. The molecule has 0 bridgehead atoms. The van der Waals surface area contributed by atoms with E-state index in [1.54, 1.807) is 5.54 Å². The van der Waals surface area contributed by atoms with Crippen LogP contribution in [0.5, 0.6) is 0 Å². The van der Waals surface area contributed by atoms with Crippen molar-refractivity contribution in [3.05, 3.63) is 23.3 Å². The maximum absolute atomic E-state index is 5.61. The van der Waals surface area contributed by atoms with E-state index in [4.69, 9.17) is 11.6 Å². The van der Waals surface area contributed by atoms with Crippen molar-refractivity contribution in [1.29, 1.82) is 0 Å². The predicted molar refractivity (Wildman–Crippen MR) is 52.9 cm³/mol. The summed E-state index contributed by atoms with van der Waals surface area (Å²) < 4.78 is 0. The third kappa shape index (κ3) is 6.18. The van der Waals surface area contributed by atoms with Crippen molar-refractivity contribution in [2.45, 2.75) is 39.5 Å². The Balaban J connectivity index is 3.54. The zero-order chi connectivity index (χ0) is 8.53. The van der Waals surface area contributed by atoms with Crippen LogP contribution < -0.4 is 0 Å². The standard InChI is InChI=1S/C10H17Cl/c1-3-5-6-8-10(9-11)7-4-2/h4,7,9H,3,5-6,8H2,1-2H3/b7-4+,10-9+. The van der Waals surface area contributed by atoms with Gasteiger partial charge in [-0.1, -0.05) is 43.5 Å². The first-order valence-corrected chi connectivity index (χ1v) is 4.70. The molecule has 0 unspecified atom stereocenters. The number of allylic oxidation sites excluding steroid dienone is 3. The molecule has 0 nitrogen and oxygen atoms in total. The van der Waals surface area contributed by atoms with Gasteiger partial charge in [-0.2, -0.15) is 0 Å². The summed E-state index contributed by atoms with van der Waals surface area (Å²) in [4.78, 5) is 0. The van der Waals surface area contributed by atoms with E-state index in [-0.39, 0.29) is 0 Å². The van der Waals surface area contributed by atoms with E-state index < -0.39 is 0 Å². The molecule has 0 amide bonds. The predicted octanol–water partition coefficient (Wildman–Crippen LogP) is 4.27. The van der Waals surface area contributed by atoms with Crippen LogP contribution >= 0.6 is 11.6 Å². The molecule has 0 aliphatic rings. The molecule has 0 aromatic heterocycles. The van der Waals surface area contributed by atoms with Gasteiger partial charge in [-0.15, -0.1) is 0 Å². The van der Waals surface area contributed by atoms with E-state index >= 15 is 0 Å². The quantitative estimate of drug-likeness (QED) is 0.429. The number of unbranched alkanes of at least 4 members (excludes halogenated alkanes) is 2. The Morgan fingerprint density at radius 1 is 1.36 bits per heavy atom. The van der Waals surface area contributed by atoms with E-state index in [2.05, 4.69) is 13.0 Å². The SMILES string of the molecule is C/C=C/C(=C\Cl)CCCCC. The zero-order valence-corrected chi connectivity index (χ0v) is 8.19. The van der Waals surface area contributed by atoms with Crippen molar-refractivity contribution in [3.63, 3.8) is 0 Å². The van der Waals surface area contributed by atoms with Crippen LogP contribution in [-0.4, -0.2) is 0 Å². The van der Waals surface area contributed by atoms with Crippen LogP contribution in [0.25, 0.3) is 0 Å². The molecule has 0 rings (SSSR count). The van der Waals surface area contributed by atoms with E-state index in [0.29, 0.717) is 0 Å².